The maximum absolute atomic E-state index is 10.4. The Morgan fingerprint density at radius 1 is 1.53 bits per heavy atom. The molecule has 2 N–H and O–H groups in total. The summed E-state index contributed by atoms with van der Waals surface area (Å²) in [5.74, 6) is 0. The summed E-state index contributed by atoms with van der Waals surface area (Å²) in [6.45, 7) is 6.39. The Bertz CT molecular complexity index is 397. The zero-order valence-corrected chi connectivity index (χ0v) is 11.2. The number of nitrogens with zero attached hydrogens (tertiary/aromatic N) is 2. The lowest BCUT2D eigenvalue weighted by molar-refractivity contribution is 0.0597. The van der Waals surface area contributed by atoms with Gasteiger partial charge in [-0.15, -0.1) is 0 Å². The van der Waals surface area contributed by atoms with Gasteiger partial charge < -0.3 is 10.4 Å². The number of aliphatic hydroxyl groups is 1. The highest BCUT2D eigenvalue weighted by atomic mass is 35.5. The van der Waals surface area contributed by atoms with Gasteiger partial charge in [0.2, 0.25) is 0 Å². The smallest absolute Gasteiger partial charge is 0.0851 e. The molecule has 1 saturated heterocycles. The predicted molar refractivity (Wildman–Crippen MR) is 68.4 cm³/mol. The van der Waals surface area contributed by atoms with Crippen molar-refractivity contribution in [1.29, 1.82) is 0 Å². The van der Waals surface area contributed by atoms with Crippen molar-refractivity contribution in [2.24, 2.45) is 0 Å². The van der Waals surface area contributed by atoms with Crippen molar-refractivity contribution in [3.8, 4) is 0 Å². The second-order valence-corrected chi connectivity index (χ2v) is 5.08. The molecule has 0 saturated carbocycles. The van der Waals surface area contributed by atoms with Crippen LogP contribution in [0.2, 0.25) is 5.02 Å². The van der Waals surface area contributed by atoms with Crippen LogP contribution in [-0.4, -0.2) is 33.6 Å². The van der Waals surface area contributed by atoms with E-state index in [4.69, 9.17) is 11.6 Å². The SMILES string of the molecule is CCc1nn(CC)c(CC2(O)CCNC2)c1Cl. The van der Waals surface area contributed by atoms with Gasteiger partial charge in [-0.25, -0.2) is 0 Å². The zero-order chi connectivity index (χ0) is 12.5. The number of hydrogen-bond acceptors (Lipinski definition) is 3. The van der Waals surface area contributed by atoms with Crippen LogP contribution in [0, 0.1) is 0 Å². The largest absolute Gasteiger partial charge is 0.388 e. The van der Waals surface area contributed by atoms with Crippen molar-refractivity contribution >= 4 is 11.6 Å². The van der Waals surface area contributed by atoms with Gasteiger partial charge in [-0.3, -0.25) is 4.68 Å². The molecule has 1 fully saturated rings. The van der Waals surface area contributed by atoms with Crippen molar-refractivity contribution in [2.45, 2.75) is 45.3 Å². The Hall–Kier alpha value is -0.580. The summed E-state index contributed by atoms with van der Waals surface area (Å²) in [5, 5.41) is 18.8. The van der Waals surface area contributed by atoms with Gasteiger partial charge in [0.15, 0.2) is 0 Å². The molecular formula is C12H20ClN3O. The Kier molecular flexibility index (Phi) is 3.76. The second kappa shape index (κ2) is 4.96. The minimum absolute atomic E-state index is 0.583. The van der Waals surface area contributed by atoms with E-state index in [1.54, 1.807) is 0 Å². The van der Waals surface area contributed by atoms with Crippen LogP contribution in [-0.2, 0) is 19.4 Å². The first kappa shape index (κ1) is 12.9. The summed E-state index contributed by atoms with van der Waals surface area (Å²) in [5.41, 5.74) is 1.23. The maximum Gasteiger partial charge on any atom is 0.0851 e. The molecule has 2 rings (SSSR count). The number of hydrogen-bond donors (Lipinski definition) is 2. The van der Waals surface area contributed by atoms with Gasteiger partial charge in [-0.1, -0.05) is 18.5 Å². The first-order valence-corrected chi connectivity index (χ1v) is 6.64. The molecule has 1 aromatic rings. The molecule has 1 unspecified atom stereocenters. The molecule has 17 heavy (non-hydrogen) atoms. The van der Waals surface area contributed by atoms with Crippen molar-refractivity contribution in [1.82, 2.24) is 15.1 Å². The van der Waals surface area contributed by atoms with Gasteiger partial charge in [0.1, 0.15) is 0 Å². The minimum Gasteiger partial charge on any atom is -0.388 e. The molecule has 2 heterocycles. The van der Waals surface area contributed by atoms with Gasteiger partial charge in [-0.2, -0.15) is 5.10 Å². The Balaban J connectivity index is 2.27. The third kappa shape index (κ3) is 2.49. The van der Waals surface area contributed by atoms with Crippen LogP contribution in [0.25, 0.3) is 0 Å². The fourth-order valence-corrected chi connectivity index (χ4v) is 2.72. The normalized spacial score (nSPS) is 24.5. The Labute approximate surface area is 107 Å². The number of nitrogens with one attached hydrogen (secondary N) is 1. The van der Waals surface area contributed by atoms with Crippen LogP contribution in [0.4, 0.5) is 0 Å². The van der Waals surface area contributed by atoms with Crippen LogP contribution in [0.1, 0.15) is 31.7 Å². The first-order valence-electron chi connectivity index (χ1n) is 6.27. The van der Waals surface area contributed by atoms with E-state index in [9.17, 15) is 5.11 Å². The number of β-amino-alcohol motifs (C(OH)–C–C–N with tert-alkyl or cyclic N) is 1. The van der Waals surface area contributed by atoms with Gasteiger partial charge in [0, 0.05) is 19.5 Å². The van der Waals surface area contributed by atoms with E-state index in [1.807, 2.05) is 18.5 Å². The highest BCUT2D eigenvalue weighted by Crippen LogP contribution is 2.28. The molecule has 1 aliphatic heterocycles. The van der Waals surface area contributed by atoms with Crippen LogP contribution in [0.15, 0.2) is 0 Å². The summed E-state index contributed by atoms with van der Waals surface area (Å²) in [7, 11) is 0. The average molecular weight is 258 g/mol. The molecule has 1 aliphatic rings. The Morgan fingerprint density at radius 2 is 2.29 bits per heavy atom. The lowest BCUT2D eigenvalue weighted by atomic mass is 9.96. The number of halogens is 1. The van der Waals surface area contributed by atoms with Crippen molar-refractivity contribution < 1.29 is 5.11 Å². The quantitative estimate of drug-likeness (QED) is 0.857. The van der Waals surface area contributed by atoms with E-state index < -0.39 is 5.60 Å². The predicted octanol–water partition coefficient (Wildman–Crippen LogP) is 1.39. The maximum atomic E-state index is 10.4. The summed E-state index contributed by atoms with van der Waals surface area (Å²) < 4.78 is 1.91. The monoisotopic (exact) mass is 257 g/mol. The molecule has 1 aromatic heterocycles. The summed E-state index contributed by atoms with van der Waals surface area (Å²) in [4.78, 5) is 0. The average Bonchev–Trinajstić information content (AvgIpc) is 2.86. The number of aromatic nitrogens is 2. The van der Waals surface area contributed by atoms with Crippen LogP contribution >= 0.6 is 11.6 Å². The van der Waals surface area contributed by atoms with E-state index in [0.29, 0.717) is 13.0 Å². The zero-order valence-electron chi connectivity index (χ0n) is 10.5. The van der Waals surface area contributed by atoms with Crippen molar-refractivity contribution in [3.63, 3.8) is 0 Å². The van der Waals surface area contributed by atoms with Gasteiger partial charge in [0.05, 0.1) is 22.0 Å². The fraction of sp³-hybridized carbons (Fsp3) is 0.750. The lowest BCUT2D eigenvalue weighted by Crippen LogP contribution is -2.34. The summed E-state index contributed by atoms with van der Waals surface area (Å²) >= 11 is 6.33. The summed E-state index contributed by atoms with van der Waals surface area (Å²) in [6, 6.07) is 0. The molecule has 0 bridgehead atoms. The van der Waals surface area contributed by atoms with E-state index in [1.165, 1.54) is 0 Å². The minimum atomic E-state index is -0.665. The second-order valence-electron chi connectivity index (χ2n) is 4.70. The third-order valence-corrected chi connectivity index (χ3v) is 3.85. The highest BCUT2D eigenvalue weighted by molar-refractivity contribution is 6.31. The first-order chi connectivity index (χ1) is 8.09. The van der Waals surface area contributed by atoms with Crippen LogP contribution in [0.5, 0.6) is 0 Å². The number of aryl methyl sites for hydroxylation is 2. The van der Waals surface area contributed by atoms with E-state index >= 15 is 0 Å². The molecule has 96 valence electrons. The standard InChI is InChI=1S/C12H20ClN3O/c1-3-9-11(13)10(16(4-2)15-9)7-12(17)5-6-14-8-12/h14,17H,3-8H2,1-2H3. The van der Waals surface area contributed by atoms with E-state index in [2.05, 4.69) is 10.4 Å². The molecule has 0 radical (unpaired) electrons. The van der Waals surface area contributed by atoms with Gasteiger partial charge in [0.25, 0.3) is 0 Å². The molecule has 0 aliphatic carbocycles. The topological polar surface area (TPSA) is 50.1 Å². The fourth-order valence-electron chi connectivity index (χ4n) is 2.38. The van der Waals surface area contributed by atoms with E-state index in [-0.39, 0.29) is 0 Å². The summed E-state index contributed by atoms with van der Waals surface area (Å²) in [6.07, 6.45) is 2.19. The van der Waals surface area contributed by atoms with Gasteiger partial charge in [-0.05, 0) is 26.3 Å². The van der Waals surface area contributed by atoms with Crippen LogP contribution in [0.3, 0.4) is 0 Å². The lowest BCUT2D eigenvalue weighted by Gasteiger charge is -2.21. The molecule has 0 aromatic carbocycles. The number of rotatable bonds is 4. The highest BCUT2D eigenvalue weighted by Gasteiger charge is 2.33. The third-order valence-electron chi connectivity index (χ3n) is 3.41. The van der Waals surface area contributed by atoms with Crippen LogP contribution < -0.4 is 5.32 Å². The molecule has 4 nitrogen and oxygen atoms in total. The molecule has 0 spiro atoms. The van der Waals surface area contributed by atoms with Crippen molar-refractivity contribution in [3.05, 3.63) is 16.4 Å². The Morgan fingerprint density at radius 3 is 2.82 bits per heavy atom. The molecule has 1 atom stereocenters. The molecular weight excluding hydrogens is 238 g/mol. The van der Waals surface area contributed by atoms with Gasteiger partial charge >= 0.3 is 0 Å². The van der Waals surface area contributed by atoms with E-state index in [0.717, 1.165) is 42.3 Å². The van der Waals surface area contributed by atoms with Crippen molar-refractivity contribution in [2.75, 3.05) is 13.1 Å². The molecule has 0 amide bonds. The molecule has 5 heteroatoms.